The molecule has 1 unspecified atom stereocenters. The predicted octanol–water partition coefficient (Wildman–Crippen LogP) is 6.86. The second-order valence-electron chi connectivity index (χ2n) is 8.76. The van der Waals surface area contributed by atoms with E-state index in [0.717, 1.165) is 0 Å². The first-order chi connectivity index (χ1) is 17.2. The van der Waals surface area contributed by atoms with Crippen LogP contribution in [0, 0.1) is 20.8 Å². The lowest BCUT2D eigenvalue weighted by molar-refractivity contribution is -0.143. The van der Waals surface area contributed by atoms with Crippen LogP contribution in [0.15, 0.2) is 23.4 Å². The standard InChI is InChI=1S/C25H26F6N2O4/c1-13-14(2)32-15(3)20(23(13)36-16(4)34)12-35-33-21-7-5-6-8-22(21)37-19-10-17(24(26,27)28)9-18(11-19)25(29,30)31/h9-11,22H,5-8,12H2,1-4H3/b33-21+. The van der Waals surface area contributed by atoms with E-state index in [0.29, 0.717) is 71.8 Å². The second-order valence-corrected chi connectivity index (χ2v) is 8.76. The zero-order valence-electron chi connectivity index (χ0n) is 20.6. The van der Waals surface area contributed by atoms with Gasteiger partial charge < -0.3 is 14.3 Å². The lowest BCUT2D eigenvalue weighted by atomic mass is 9.95. The summed E-state index contributed by atoms with van der Waals surface area (Å²) in [6.07, 6.45) is -8.77. The Morgan fingerprint density at radius 2 is 1.62 bits per heavy atom. The highest BCUT2D eigenvalue weighted by Gasteiger charge is 2.37. The molecule has 2 aromatic rings. The smallest absolute Gasteiger partial charge is 0.416 e. The Bertz CT molecular complexity index is 1160. The average Bonchev–Trinajstić information content (AvgIpc) is 2.78. The minimum absolute atomic E-state index is 0.0481. The number of carbonyl (C=O) groups is 1. The molecule has 0 bridgehead atoms. The van der Waals surface area contributed by atoms with Gasteiger partial charge in [0.2, 0.25) is 0 Å². The lowest BCUT2D eigenvalue weighted by Gasteiger charge is -2.25. The lowest BCUT2D eigenvalue weighted by Crippen LogP contribution is -2.31. The molecule has 0 radical (unpaired) electrons. The second kappa shape index (κ2) is 11.0. The van der Waals surface area contributed by atoms with Gasteiger partial charge in [-0.25, -0.2) is 0 Å². The van der Waals surface area contributed by atoms with E-state index in [2.05, 4.69) is 10.1 Å². The number of hydrogen-bond donors (Lipinski definition) is 0. The quantitative estimate of drug-likeness (QED) is 0.231. The van der Waals surface area contributed by atoms with E-state index in [4.69, 9.17) is 14.3 Å². The van der Waals surface area contributed by atoms with Crippen molar-refractivity contribution in [3.05, 3.63) is 51.8 Å². The van der Waals surface area contributed by atoms with Crippen molar-refractivity contribution in [3.63, 3.8) is 0 Å². The van der Waals surface area contributed by atoms with Gasteiger partial charge in [-0.1, -0.05) is 5.16 Å². The molecule has 1 aliphatic carbocycles. The number of alkyl halides is 6. The molecule has 1 aromatic heterocycles. The maximum Gasteiger partial charge on any atom is 0.416 e. The van der Waals surface area contributed by atoms with Crippen molar-refractivity contribution in [2.75, 3.05) is 0 Å². The minimum atomic E-state index is -4.98. The molecule has 1 heterocycles. The number of hydrogen-bond acceptors (Lipinski definition) is 6. The summed E-state index contributed by atoms with van der Waals surface area (Å²) in [4.78, 5) is 21.5. The third kappa shape index (κ3) is 7.14. The van der Waals surface area contributed by atoms with Gasteiger partial charge in [-0.05, 0) is 64.7 Å². The molecule has 1 aliphatic rings. The average molecular weight is 532 g/mol. The Kier molecular flexibility index (Phi) is 8.38. The normalized spacial score (nSPS) is 17.6. The molecular weight excluding hydrogens is 506 g/mol. The molecule has 0 spiro atoms. The third-order valence-corrected chi connectivity index (χ3v) is 5.93. The molecule has 3 rings (SSSR count). The number of benzene rings is 1. The first-order valence-corrected chi connectivity index (χ1v) is 11.5. The maximum absolute atomic E-state index is 13.2. The van der Waals surface area contributed by atoms with Gasteiger partial charge in [-0.15, -0.1) is 0 Å². The van der Waals surface area contributed by atoms with E-state index in [1.165, 1.54) is 6.92 Å². The fourth-order valence-electron chi connectivity index (χ4n) is 3.94. The van der Waals surface area contributed by atoms with E-state index in [9.17, 15) is 31.1 Å². The van der Waals surface area contributed by atoms with Gasteiger partial charge >= 0.3 is 18.3 Å². The number of carbonyl (C=O) groups excluding carboxylic acids is 1. The van der Waals surface area contributed by atoms with Gasteiger partial charge in [-0.2, -0.15) is 26.3 Å². The fraction of sp³-hybridized carbons (Fsp3) is 0.480. The van der Waals surface area contributed by atoms with E-state index >= 15 is 0 Å². The summed E-state index contributed by atoms with van der Waals surface area (Å²) < 4.78 is 90.2. The Labute approximate surface area is 209 Å². The number of halogens is 6. The van der Waals surface area contributed by atoms with Crippen molar-refractivity contribution in [1.29, 1.82) is 0 Å². The third-order valence-electron chi connectivity index (χ3n) is 5.93. The van der Waals surface area contributed by atoms with Crippen LogP contribution in [0.3, 0.4) is 0 Å². The molecular formula is C25H26F6N2O4. The van der Waals surface area contributed by atoms with Crippen LogP contribution in [0.1, 0.15) is 66.2 Å². The summed E-state index contributed by atoms with van der Waals surface area (Å²) in [6, 6.07) is 1.13. The van der Waals surface area contributed by atoms with Crippen LogP contribution in [-0.2, 0) is 28.6 Å². The number of rotatable bonds is 6. The number of oxime groups is 1. The summed E-state index contributed by atoms with van der Waals surface area (Å²) >= 11 is 0. The van der Waals surface area contributed by atoms with E-state index < -0.39 is 41.3 Å². The molecule has 6 nitrogen and oxygen atoms in total. The van der Waals surface area contributed by atoms with E-state index in [1.807, 2.05) is 0 Å². The van der Waals surface area contributed by atoms with Crippen molar-refractivity contribution in [3.8, 4) is 11.5 Å². The molecule has 202 valence electrons. The number of esters is 1. The Morgan fingerprint density at radius 3 is 2.19 bits per heavy atom. The predicted molar refractivity (Wildman–Crippen MR) is 121 cm³/mol. The maximum atomic E-state index is 13.2. The van der Waals surface area contributed by atoms with Crippen LogP contribution in [0.4, 0.5) is 26.3 Å². The molecule has 0 amide bonds. The highest BCUT2D eigenvalue weighted by molar-refractivity contribution is 5.89. The molecule has 0 aliphatic heterocycles. The van der Waals surface area contributed by atoms with Crippen LogP contribution in [0.2, 0.25) is 0 Å². The number of ether oxygens (including phenoxy) is 2. The topological polar surface area (TPSA) is 70.0 Å². The van der Waals surface area contributed by atoms with Crippen molar-refractivity contribution in [1.82, 2.24) is 4.98 Å². The SMILES string of the molecule is CC(=O)Oc1c(C)c(C)nc(C)c1CO/N=C1\CCCCC1Oc1cc(C(F)(F)F)cc(C(F)(F)F)c1. The van der Waals surface area contributed by atoms with Gasteiger partial charge in [-0.3, -0.25) is 9.78 Å². The summed E-state index contributed by atoms with van der Waals surface area (Å²) in [7, 11) is 0. The summed E-state index contributed by atoms with van der Waals surface area (Å²) in [6.45, 7) is 6.36. The molecule has 0 saturated heterocycles. The van der Waals surface area contributed by atoms with Crippen LogP contribution in [-0.4, -0.2) is 22.8 Å². The largest absolute Gasteiger partial charge is 0.484 e. The zero-order valence-corrected chi connectivity index (χ0v) is 20.6. The van der Waals surface area contributed by atoms with E-state index in [-0.39, 0.29) is 12.7 Å². The summed E-state index contributed by atoms with van der Waals surface area (Å²) in [5, 5.41) is 4.09. The van der Waals surface area contributed by atoms with Gasteiger partial charge in [0.15, 0.2) is 0 Å². The highest BCUT2D eigenvalue weighted by Crippen LogP contribution is 2.39. The number of aromatic nitrogens is 1. The zero-order chi connectivity index (χ0) is 27.5. The van der Waals surface area contributed by atoms with Gasteiger partial charge in [0.1, 0.15) is 24.2 Å². The summed E-state index contributed by atoms with van der Waals surface area (Å²) in [5.41, 5.74) is -0.207. The van der Waals surface area contributed by atoms with Crippen molar-refractivity contribution in [2.24, 2.45) is 5.16 Å². The molecule has 0 N–H and O–H groups in total. The summed E-state index contributed by atoms with van der Waals surface area (Å²) in [5.74, 6) is -0.786. The Hall–Kier alpha value is -3.31. The number of aryl methyl sites for hydroxylation is 2. The molecule has 1 atom stereocenters. The van der Waals surface area contributed by atoms with Crippen LogP contribution >= 0.6 is 0 Å². The van der Waals surface area contributed by atoms with Gasteiger partial charge in [0.25, 0.3) is 0 Å². The van der Waals surface area contributed by atoms with Crippen LogP contribution in [0.5, 0.6) is 11.5 Å². The fourth-order valence-corrected chi connectivity index (χ4v) is 3.94. The molecule has 1 aromatic carbocycles. The first-order valence-electron chi connectivity index (χ1n) is 11.5. The van der Waals surface area contributed by atoms with Crippen molar-refractivity contribution < 1.29 is 45.4 Å². The van der Waals surface area contributed by atoms with Gasteiger partial charge in [0, 0.05) is 23.9 Å². The monoisotopic (exact) mass is 532 g/mol. The molecule has 1 saturated carbocycles. The van der Waals surface area contributed by atoms with Crippen LogP contribution < -0.4 is 9.47 Å². The minimum Gasteiger partial charge on any atom is -0.484 e. The first kappa shape index (κ1) is 28.3. The number of nitrogens with zero attached hydrogens (tertiary/aromatic N) is 2. The van der Waals surface area contributed by atoms with Gasteiger partial charge in [0.05, 0.1) is 22.4 Å². The van der Waals surface area contributed by atoms with E-state index in [1.54, 1.807) is 20.8 Å². The molecule has 37 heavy (non-hydrogen) atoms. The highest BCUT2D eigenvalue weighted by atomic mass is 19.4. The number of pyridine rings is 1. The molecule has 1 fully saturated rings. The molecule has 12 heteroatoms. The Balaban J connectivity index is 1.85. The van der Waals surface area contributed by atoms with Crippen LogP contribution in [0.25, 0.3) is 0 Å². The van der Waals surface area contributed by atoms with Crippen molar-refractivity contribution in [2.45, 2.75) is 78.4 Å². The Morgan fingerprint density at radius 1 is 1.00 bits per heavy atom. The van der Waals surface area contributed by atoms with Crippen molar-refractivity contribution >= 4 is 11.7 Å².